The highest BCUT2D eigenvalue weighted by atomic mass is 127. The molecule has 0 amide bonds. The summed E-state index contributed by atoms with van der Waals surface area (Å²) in [5.41, 5.74) is 9.63. The van der Waals surface area contributed by atoms with Crippen molar-refractivity contribution in [2.45, 2.75) is 0 Å². The van der Waals surface area contributed by atoms with E-state index in [1.807, 2.05) is 0 Å². The summed E-state index contributed by atoms with van der Waals surface area (Å²) in [6.07, 6.45) is 0. The maximum Gasteiger partial charge on any atom is 0.0713 e. The van der Waals surface area contributed by atoms with Crippen LogP contribution in [0.2, 0.25) is 0 Å². The van der Waals surface area contributed by atoms with Crippen LogP contribution >= 0.6 is 22.6 Å². The van der Waals surface area contributed by atoms with Crippen molar-refractivity contribution >= 4 is 66.2 Å². The molecule has 2 heterocycles. The topological polar surface area (TPSA) is 9.86 Å². The fourth-order valence-electron chi connectivity index (χ4n) is 6.11. The Balaban J connectivity index is 1.57. The minimum Gasteiger partial charge on any atom is -0.307 e. The Labute approximate surface area is 239 Å². The molecule has 0 saturated carbocycles. The van der Waals surface area contributed by atoms with E-state index in [0.717, 1.165) is 5.69 Å². The molecule has 0 unspecified atom stereocenters. The van der Waals surface area contributed by atoms with Gasteiger partial charge >= 0.3 is 0 Å². The molecule has 0 spiro atoms. The van der Waals surface area contributed by atoms with Crippen molar-refractivity contribution in [2.24, 2.45) is 0 Å². The lowest BCUT2D eigenvalue weighted by molar-refractivity contribution is 1.09. The average Bonchev–Trinajstić information content (AvgIpc) is 3.51. The number of fused-ring (bicyclic) bond motifs is 6. The molecule has 0 N–H and O–H groups in total. The normalized spacial score (nSPS) is 11.7. The molecule has 39 heavy (non-hydrogen) atoms. The van der Waals surface area contributed by atoms with Gasteiger partial charge in [-0.05, 0) is 70.1 Å². The van der Waals surface area contributed by atoms with Crippen LogP contribution in [0.4, 0.5) is 0 Å². The van der Waals surface area contributed by atoms with E-state index in [1.54, 1.807) is 0 Å². The summed E-state index contributed by atoms with van der Waals surface area (Å²) in [7, 11) is 0. The lowest BCUT2D eigenvalue weighted by Gasteiger charge is -2.19. The Morgan fingerprint density at radius 3 is 1.18 bits per heavy atom. The highest BCUT2D eigenvalue weighted by Gasteiger charge is 2.21. The molecular weight excluding hydrogens is 587 g/mol. The van der Waals surface area contributed by atoms with Crippen LogP contribution in [0.1, 0.15) is 0 Å². The predicted octanol–water partition coefficient (Wildman–Crippen LogP) is 10.2. The third kappa shape index (κ3) is 3.39. The van der Waals surface area contributed by atoms with Gasteiger partial charge in [-0.15, -0.1) is 0 Å². The van der Waals surface area contributed by atoms with Gasteiger partial charge in [0, 0.05) is 25.1 Å². The largest absolute Gasteiger partial charge is 0.307 e. The van der Waals surface area contributed by atoms with Crippen LogP contribution in [0.15, 0.2) is 140 Å². The lowest BCUT2D eigenvalue weighted by Crippen LogP contribution is -2.05. The van der Waals surface area contributed by atoms with Crippen LogP contribution in [0.3, 0.4) is 0 Å². The zero-order valence-electron chi connectivity index (χ0n) is 21.1. The van der Waals surface area contributed by atoms with E-state index in [1.165, 1.54) is 64.0 Å². The number of benzene rings is 6. The molecule has 8 rings (SSSR count). The van der Waals surface area contributed by atoms with Crippen molar-refractivity contribution < 1.29 is 0 Å². The van der Waals surface area contributed by atoms with E-state index >= 15 is 0 Å². The van der Waals surface area contributed by atoms with E-state index in [2.05, 4.69) is 171 Å². The fourth-order valence-corrected chi connectivity index (χ4v) is 6.87. The average molecular weight is 610 g/mol. The minimum absolute atomic E-state index is 1.16. The van der Waals surface area contributed by atoms with Crippen LogP contribution in [0, 0.1) is 3.57 Å². The standard InChI is InChI=1S/C36H23IN2/c37-30-23-36(39-33-20-10-6-16-27(33)28-17-7-11-21-34(28)39)35(22-29(30)24-12-2-1-3-13-24)38-31-18-8-4-14-25(31)26-15-5-9-19-32(26)38/h1-23H. The van der Waals surface area contributed by atoms with Gasteiger partial charge in [-0.2, -0.15) is 0 Å². The summed E-state index contributed by atoms with van der Waals surface area (Å²) in [4.78, 5) is 0. The summed E-state index contributed by atoms with van der Waals surface area (Å²) in [5.74, 6) is 0. The quantitative estimate of drug-likeness (QED) is 0.176. The summed E-state index contributed by atoms with van der Waals surface area (Å²) in [6, 6.07) is 50.5. The molecule has 0 fully saturated rings. The zero-order chi connectivity index (χ0) is 25.9. The molecule has 0 aliphatic carbocycles. The molecular formula is C36H23IN2. The monoisotopic (exact) mass is 610 g/mol. The van der Waals surface area contributed by atoms with E-state index in [4.69, 9.17) is 0 Å². The number of para-hydroxylation sites is 4. The molecule has 0 atom stereocenters. The number of hydrogen-bond acceptors (Lipinski definition) is 0. The number of rotatable bonds is 3. The summed E-state index contributed by atoms with van der Waals surface area (Å²) in [5, 5.41) is 5.06. The van der Waals surface area contributed by atoms with Crippen molar-refractivity contribution in [3.63, 3.8) is 0 Å². The van der Waals surface area contributed by atoms with Crippen molar-refractivity contribution in [1.82, 2.24) is 9.13 Å². The molecule has 8 aromatic rings. The van der Waals surface area contributed by atoms with E-state index in [9.17, 15) is 0 Å². The Bertz CT molecular complexity index is 2080. The molecule has 2 aromatic heterocycles. The first kappa shape index (κ1) is 22.6. The Kier molecular flexibility index (Phi) is 5.13. The van der Waals surface area contributed by atoms with Gasteiger partial charge in [0.2, 0.25) is 0 Å². The van der Waals surface area contributed by atoms with E-state index < -0.39 is 0 Å². The first-order valence-corrected chi connectivity index (χ1v) is 14.2. The van der Waals surface area contributed by atoms with Crippen LogP contribution < -0.4 is 0 Å². The molecule has 3 heteroatoms. The van der Waals surface area contributed by atoms with Crippen LogP contribution in [0.25, 0.3) is 66.1 Å². The van der Waals surface area contributed by atoms with Gasteiger partial charge in [0.1, 0.15) is 0 Å². The maximum absolute atomic E-state index is 2.51. The lowest BCUT2D eigenvalue weighted by atomic mass is 10.0. The van der Waals surface area contributed by atoms with Gasteiger partial charge in [0.15, 0.2) is 0 Å². The summed E-state index contributed by atoms with van der Waals surface area (Å²) >= 11 is 2.51. The van der Waals surface area contributed by atoms with Gasteiger partial charge in [0.25, 0.3) is 0 Å². The van der Waals surface area contributed by atoms with E-state index in [-0.39, 0.29) is 0 Å². The van der Waals surface area contributed by atoms with Gasteiger partial charge < -0.3 is 9.13 Å². The zero-order valence-corrected chi connectivity index (χ0v) is 23.2. The Morgan fingerprint density at radius 2 is 0.744 bits per heavy atom. The van der Waals surface area contributed by atoms with Crippen molar-refractivity contribution in [1.29, 1.82) is 0 Å². The van der Waals surface area contributed by atoms with Gasteiger partial charge in [-0.3, -0.25) is 0 Å². The first-order chi connectivity index (χ1) is 19.3. The molecule has 0 aliphatic heterocycles. The highest BCUT2D eigenvalue weighted by Crippen LogP contribution is 2.40. The molecule has 0 radical (unpaired) electrons. The van der Waals surface area contributed by atoms with Crippen molar-refractivity contribution in [2.75, 3.05) is 0 Å². The first-order valence-electron chi connectivity index (χ1n) is 13.2. The fraction of sp³-hybridized carbons (Fsp3) is 0. The minimum atomic E-state index is 1.16. The Morgan fingerprint density at radius 1 is 0.385 bits per heavy atom. The second-order valence-corrected chi connectivity index (χ2v) is 11.1. The number of nitrogens with zero attached hydrogens (tertiary/aromatic N) is 2. The van der Waals surface area contributed by atoms with Gasteiger partial charge in [-0.1, -0.05) is 103 Å². The SMILES string of the molecule is Ic1cc(-n2c3ccccc3c3ccccc32)c(-n2c3ccccc3c3ccccc32)cc1-c1ccccc1. The maximum atomic E-state index is 2.51. The van der Waals surface area contributed by atoms with Crippen LogP contribution in [-0.2, 0) is 0 Å². The Hall–Kier alpha value is -4.35. The molecule has 6 aromatic carbocycles. The smallest absolute Gasteiger partial charge is 0.0713 e. The third-order valence-corrected chi connectivity index (χ3v) is 8.68. The van der Waals surface area contributed by atoms with Crippen LogP contribution in [-0.4, -0.2) is 9.13 Å². The highest BCUT2D eigenvalue weighted by molar-refractivity contribution is 14.1. The number of aromatic nitrogens is 2. The van der Waals surface area contributed by atoms with Gasteiger partial charge in [0.05, 0.1) is 33.4 Å². The number of hydrogen-bond donors (Lipinski definition) is 0. The molecule has 2 nitrogen and oxygen atoms in total. The van der Waals surface area contributed by atoms with Crippen LogP contribution in [0.5, 0.6) is 0 Å². The molecule has 184 valence electrons. The second-order valence-electron chi connectivity index (χ2n) is 9.93. The summed E-state index contributed by atoms with van der Waals surface area (Å²) in [6.45, 7) is 0. The van der Waals surface area contributed by atoms with Gasteiger partial charge in [-0.25, -0.2) is 0 Å². The second kappa shape index (κ2) is 8.85. The predicted molar refractivity (Wildman–Crippen MR) is 173 cm³/mol. The third-order valence-electron chi connectivity index (χ3n) is 7.79. The van der Waals surface area contributed by atoms with Crippen molar-refractivity contribution in [3.8, 4) is 22.5 Å². The molecule has 0 bridgehead atoms. The van der Waals surface area contributed by atoms with Crippen molar-refractivity contribution in [3.05, 3.63) is 143 Å². The number of halogens is 1. The molecule has 0 aliphatic rings. The summed E-state index contributed by atoms with van der Waals surface area (Å²) < 4.78 is 6.12. The molecule has 0 saturated heterocycles. The van der Waals surface area contributed by atoms with E-state index in [0.29, 0.717) is 0 Å².